The molecule has 0 aliphatic carbocycles. The van der Waals surface area contributed by atoms with Gasteiger partial charge in [-0.25, -0.2) is 15.8 Å². The maximum Gasteiger partial charge on any atom is 0.158 e. The van der Waals surface area contributed by atoms with Gasteiger partial charge in [0.05, 0.1) is 0 Å². The predicted octanol–water partition coefficient (Wildman–Crippen LogP) is 1.76. The van der Waals surface area contributed by atoms with E-state index in [1.54, 1.807) is 6.07 Å². The summed E-state index contributed by atoms with van der Waals surface area (Å²) in [7, 11) is 0. The Hall–Kier alpha value is -1.40. The smallest absolute Gasteiger partial charge is 0.158 e. The highest BCUT2D eigenvalue weighted by molar-refractivity contribution is 5.46. The highest BCUT2D eigenvalue weighted by Gasteiger charge is 2.04. The monoisotopic (exact) mass is 253 g/mol. The van der Waals surface area contributed by atoms with Gasteiger partial charge in [0, 0.05) is 19.2 Å². The largest absolute Gasteiger partial charge is 0.374 e. The van der Waals surface area contributed by atoms with Gasteiger partial charge in [-0.2, -0.15) is 0 Å². The Bertz CT molecular complexity index is 356. The quantitative estimate of drug-likeness (QED) is 0.483. The molecule has 0 saturated heterocycles. The van der Waals surface area contributed by atoms with E-state index in [-0.39, 0.29) is 0 Å². The Labute approximate surface area is 108 Å². The van der Waals surface area contributed by atoms with Gasteiger partial charge >= 0.3 is 0 Å². The number of aromatic nitrogens is 2. The topological polar surface area (TPSA) is 85.1 Å². The Morgan fingerprint density at radius 2 is 2.06 bits per heavy atom. The maximum absolute atomic E-state index is 5.38. The summed E-state index contributed by atoms with van der Waals surface area (Å²) >= 11 is 0. The molecule has 0 unspecified atom stereocenters. The molecule has 18 heavy (non-hydrogen) atoms. The van der Waals surface area contributed by atoms with Gasteiger partial charge in [-0.1, -0.05) is 13.8 Å². The zero-order valence-electron chi connectivity index (χ0n) is 11.4. The second kappa shape index (κ2) is 7.84. The molecular formula is C12H23N5O. The van der Waals surface area contributed by atoms with E-state index in [9.17, 15) is 0 Å². The molecule has 0 bridgehead atoms. The van der Waals surface area contributed by atoms with Crippen molar-refractivity contribution in [3.63, 3.8) is 0 Å². The molecule has 0 aromatic carbocycles. The van der Waals surface area contributed by atoms with Gasteiger partial charge in [0.15, 0.2) is 5.82 Å². The lowest BCUT2D eigenvalue weighted by Crippen LogP contribution is -2.13. The van der Waals surface area contributed by atoms with Crippen LogP contribution in [0, 0.1) is 5.92 Å². The van der Waals surface area contributed by atoms with Crippen molar-refractivity contribution < 1.29 is 4.74 Å². The third-order valence-corrected chi connectivity index (χ3v) is 2.38. The van der Waals surface area contributed by atoms with E-state index in [0.717, 1.165) is 18.8 Å². The fourth-order valence-electron chi connectivity index (χ4n) is 1.41. The number of rotatable bonds is 8. The summed E-state index contributed by atoms with van der Waals surface area (Å²) in [5.41, 5.74) is 2.54. The second-order valence-corrected chi connectivity index (χ2v) is 4.45. The first-order valence-corrected chi connectivity index (χ1v) is 6.31. The molecule has 0 fully saturated rings. The van der Waals surface area contributed by atoms with E-state index >= 15 is 0 Å². The Morgan fingerprint density at radius 1 is 1.33 bits per heavy atom. The van der Waals surface area contributed by atoms with Gasteiger partial charge in [-0.3, -0.25) is 0 Å². The van der Waals surface area contributed by atoms with Crippen molar-refractivity contribution in [3.8, 4) is 0 Å². The van der Waals surface area contributed by atoms with Crippen LogP contribution in [0.15, 0.2) is 6.07 Å². The highest BCUT2D eigenvalue weighted by Crippen LogP contribution is 2.11. The number of hydrogen-bond donors (Lipinski definition) is 3. The minimum absolute atomic E-state index is 0.394. The number of hydrogen-bond acceptors (Lipinski definition) is 6. The lowest BCUT2D eigenvalue weighted by molar-refractivity contribution is 0.128. The zero-order valence-corrected chi connectivity index (χ0v) is 11.4. The fraction of sp³-hybridized carbons (Fsp3) is 0.667. The van der Waals surface area contributed by atoms with Crippen molar-refractivity contribution >= 4 is 11.6 Å². The molecule has 4 N–H and O–H groups in total. The van der Waals surface area contributed by atoms with Crippen molar-refractivity contribution in [2.24, 2.45) is 11.8 Å². The van der Waals surface area contributed by atoms with E-state index in [0.29, 0.717) is 30.8 Å². The van der Waals surface area contributed by atoms with Crippen LogP contribution < -0.4 is 16.6 Å². The first kappa shape index (κ1) is 14.7. The molecule has 1 heterocycles. The first-order valence-electron chi connectivity index (χ1n) is 6.31. The number of nitrogens with two attached hydrogens (primary N) is 1. The summed E-state index contributed by atoms with van der Waals surface area (Å²) in [6.07, 6.45) is 1.09. The minimum atomic E-state index is 0.394. The van der Waals surface area contributed by atoms with Gasteiger partial charge in [0.1, 0.15) is 18.2 Å². The third kappa shape index (κ3) is 5.29. The number of nitrogens with zero attached hydrogens (tertiary/aromatic N) is 2. The fourth-order valence-corrected chi connectivity index (χ4v) is 1.41. The normalized spacial score (nSPS) is 10.7. The van der Waals surface area contributed by atoms with Crippen LogP contribution in [0.2, 0.25) is 0 Å². The average Bonchev–Trinajstić information content (AvgIpc) is 2.35. The van der Waals surface area contributed by atoms with Crippen LogP contribution in [0.1, 0.15) is 33.0 Å². The van der Waals surface area contributed by atoms with Crippen LogP contribution in [0.4, 0.5) is 11.6 Å². The van der Waals surface area contributed by atoms with Crippen LogP contribution in [-0.4, -0.2) is 23.1 Å². The van der Waals surface area contributed by atoms with Crippen LogP contribution in [-0.2, 0) is 11.3 Å². The van der Waals surface area contributed by atoms with Crippen molar-refractivity contribution in [2.75, 3.05) is 23.9 Å². The third-order valence-electron chi connectivity index (χ3n) is 2.38. The molecule has 1 aromatic heterocycles. The summed E-state index contributed by atoms with van der Waals surface area (Å²) in [5.74, 6) is 8.03. The van der Waals surface area contributed by atoms with Crippen LogP contribution in [0.3, 0.4) is 0 Å². The summed E-state index contributed by atoms with van der Waals surface area (Å²) in [4.78, 5) is 8.59. The second-order valence-electron chi connectivity index (χ2n) is 4.45. The lowest BCUT2D eigenvalue weighted by atomic mass is 10.1. The van der Waals surface area contributed by atoms with Crippen LogP contribution in [0.5, 0.6) is 0 Å². The molecule has 0 aliphatic rings. The zero-order chi connectivity index (χ0) is 13.4. The highest BCUT2D eigenvalue weighted by atomic mass is 16.5. The van der Waals surface area contributed by atoms with Gasteiger partial charge in [-0.15, -0.1) is 0 Å². The molecule has 0 radical (unpaired) electrons. The molecule has 0 atom stereocenters. The summed E-state index contributed by atoms with van der Waals surface area (Å²) in [6.45, 7) is 8.23. The number of hydrazine groups is 1. The number of ether oxygens (including phenoxy) is 1. The molecule has 6 heteroatoms. The van der Waals surface area contributed by atoms with Gasteiger partial charge in [0.25, 0.3) is 0 Å². The molecule has 0 saturated carbocycles. The molecule has 6 nitrogen and oxygen atoms in total. The maximum atomic E-state index is 5.38. The summed E-state index contributed by atoms with van der Waals surface area (Å²) < 4.78 is 5.30. The molecule has 0 amide bonds. The van der Waals surface area contributed by atoms with E-state index in [1.807, 2.05) is 6.92 Å². The molecule has 0 aliphatic heterocycles. The average molecular weight is 253 g/mol. The van der Waals surface area contributed by atoms with Gasteiger partial charge < -0.3 is 15.5 Å². The number of nitrogens with one attached hydrogen (secondary N) is 2. The number of nitrogen functional groups attached to an aromatic ring is 1. The van der Waals surface area contributed by atoms with Crippen molar-refractivity contribution in [2.45, 2.75) is 33.8 Å². The summed E-state index contributed by atoms with van der Waals surface area (Å²) in [6, 6.07) is 1.79. The van der Waals surface area contributed by atoms with E-state index in [2.05, 4.69) is 34.6 Å². The van der Waals surface area contributed by atoms with Crippen molar-refractivity contribution in [3.05, 3.63) is 11.9 Å². The molecule has 1 rings (SSSR count). The lowest BCUT2D eigenvalue weighted by Gasteiger charge is -2.10. The Morgan fingerprint density at radius 3 is 2.67 bits per heavy atom. The molecule has 102 valence electrons. The Kier molecular flexibility index (Phi) is 6.38. The predicted molar refractivity (Wildman–Crippen MR) is 73.1 cm³/mol. The molecule has 1 aromatic rings. The first-order chi connectivity index (χ1) is 8.65. The van der Waals surface area contributed by atoms with Crippen molar-refractivity contribution in [1.82, 2.24) is 9.97 Å². The van der Waals surface area contributed by atoms with Crippen molar-refractivity contribution in [1.29, 1.82) is 0 Å². The van der Waals surface area contributed by atoms with Gasteiger partial charge in [-0.05, 0) is 19.3 Å². The van der Waals surface area contributed by atoms with E-state index in [4.69, 9.17) is 10.6 Å². The SMILES string of the molecule is CCOCc1nc(NN)cc(NCCC(C)C)n1. The van der Waals surface area contributed by atoms with Crippen LogP contribution >= 0.6 is 0 Å². The Balaban J connectivity index is 2.64. The molecular weight excluding hydrogens is 230 g/mol. The van der Waals surface area contributed by atoms with Crippen LogP contribution in [0.25, 0.3) is 0 Å². The van der Waals surface area contributed by atoms with E-state index < -0.39 is 0 Å². The standard InChI is InChI=1S/C12H23N5O/c1-4-18-8-12-15-10(7-11(16-12)17-13)14-6-5-9(2)3/h7,9H,4-6,8,13H2,1-3H3,(H2,14,15,16,17). The molecule has 0 spiro atoms. The minimum Gasteiger partial charge on any atom is -0.374 e. The summed E-state index contributed by atoms with van der Waals surface area (Å²) in [5, 5.41) is 3.27. The van der Waals surface area contributed by atoms with Gasteiger partial charge in [0.2, 0.25) is 0 Å². The van der Waals surface area contributed by atoms with E-state index in [1.165, 1.54) is 0 Å². The number of anilines is 2.